The highest BCUT2D eigenvalue weighted by atomic mass is 127. The van der Waals surface area contributed by atoms with E-state index in [1.807, 2.05) is 18.2 Å². The van der Waals surface area contributed by atoms with Crippen LogP contribution in [0.15, 0.2) is 30.6 Å². The number of hydrogen-bond acceptors (Lipinski definition) is 3. The number of hydrogen-bond donors (Lipinski definition) is 1. The first-order valence-electron chi connectivity index (χ1n) is 7.13. The molecule has 1 aromatic rings. The number of piperidine rings is 1. The molecule has 0 aromatic carbocycles. The summed E-state index contributed by atoms with van der Waals surface area (Å²) in [6, 6.07) is 1.34. The number of aromatic nitrogens is 1. The second-order valence-corrected chi connectivity index (χ2v) is 7.74. The average molecular weight is 453 g/mol. The number of pyridine rings is 1. The van der Waals surface area contributed by atoms with Gasteiger partial charge < -0.3 is 5.73 Å². The molecule has 0 saturated carbocycles. The first-order valence-corrected chi connectivity index (χ1v) is 8.62. The predicted octanol–water partition coefficient (Wildman–Crippen LogP) is 3.18. The minimum absolute atomic E-state index is 0.310. The van der Waals surface area contributed by atoms with Crippen LogP contribution in [0.1, 0.15) is 18.4 Å². The summed E-state index contributed by atoms with van der Waals surface area (Å²) >= 11 is 7.47. The molecule has 3 rings (SSSR count). The van der Waals surface area contributed by atoms with Crippen LogP contribution in [0.4, 0.5) is 13.2 Å². The third kappa shape index (κ3) is 3.25. The molecule has 2 bridgehead atoms. The van der Waals surface area contributed by atoms with Gasteiger partial charge in [0.15, 0.2) is 0 Å². The van der Waals surface area contributed by atoms with E-state index in [4.69, 9.17) is 18.0 Å². The van der Waals surface area contributed by atoms with Gasteiger partial charge in [0.05, 0.1) is 16.9 Å². The molecule has 0 amide bonds. The quantitative estimate of drug-likeness (QED) is 0.434. The first-order chi connectivity index (χ1) is 10.7. The zero-order chi connectivity index (χ0) is 16.8. The second-order valence-electron chi connectivity index (χ2n) is 6.05. The van der Waals surface area contributed by atoms with Gasteiger partial charge in [0, 0.05) is 28.0 Å². The van der Waals surface area contributed by atoms with Crippen molar-refractivity contribution >= 4 is 39.8 Å². The van der Waals surface area contributed by atoms with E-state index in [1.54, 1.807) is 12.4 Å². The Labute approximate surface area is 151 Å². The van der Waals surface area contributed by atoms with Gasteiger partial charge in [0.2, 0.25) is 0 Å². The number of rotatable bonds is 3. The van der Waals surface area contributed by atoms with Crippen LogP contribution in [0.5, 0.6) is 0 Å². The van der Waals surface area contributed by atoms with Crippen molar-refractivity contribution in [3.63, 3.8) is 0 Å². The molecular formula is C15H15F3IN3S. The Morgan fingerprint density at radius 3 is 2.43 bits per heavy atom. The van der Waals surface area contributed by atoms with E-state index in [9.17, 15) is 13.2 Å². The van der Waals surface area contributed by atoms with Crippen LogP contribution in [0.25, 0.3) is 0 Å². The summed E-state index contributed by atoms with van der Waals surface area (Å²) in [6.07, 6.45) is 3.83. The van der Waals surface area contributed by atoms with Crippen molar-refractivity contribution in [3.8, 4) is 0 Å². The van der Waals surface area contributed by atoms with Gasteiger partial charge in [-0.1, -0.05) is 24.4 Å². The number of fused-ring (bicyclic) bond motifs is 2. The molecule has 1 aromatic heterocycles. The molecule has 2 aliphatic heterocycles. The number of alkyl halides is 3. The van der Waals surface area contributed by atoms with Gasteiger partial charge in [-0.2, -0.15) is 13.2 Å². The number of thiocarbonyl (C=S) groups is 1. The van der Waals surface area contributed by atoms with Gasteiger partial charge in [0.25, 0.3) is 0 Å². The molecule has 2 aliphatic rings. The van der Waals surface area contributed by atoms with E-state index in [2.05, 4.69) is 27.6 Å². The lowest BCUT2D eigenvalue weighted by Gasteiger charge is -2.46. The van der Waals surface area contributed by atoms with E-state index >= 15 is 0 Å². The van der Waals surface area contributed by atoms with Gasteiger partial charge in [-0.25, -0.2) is 0 Å². The fourth-order valence-electron chi connectivity index (χ4n) is 3.59. The minimum atomic E-state index is -4.21. The molecule has 3 heterocycles. The molecule has 23 heavy (non-hydrogen) atoms. The van der Waals surface area contributed by atoms with Gasteiger partial charge in [-0.3, -0.25) is 9.88 Å². The predicted molar refractivity (Wildman–Crippen MR) is 94.1 cm³/mol. The highest BCUT2D eigenvalue weighted by Crippen LogP contribution is 2.45. The molecular weight excluding hydrogens is 438 g/mol. The van der Waals surface area contributed by atoms with E-state index in [0.29, 0.717) is 17.8 Å². The van der Waals surface area contributed by atoms with Crippen molar-refractivity contribution in [1.82, 2.24) is 9.88 Å². The summed E-state index contributed by atoms with van der Waals surface area (Å²) in [5, 5.41) is 0. The summed E-state index contributed by atoms with van der Waals surface area (Å²) in [5.74, 6) is 0. The molecule has 0 spiro atoms. The van der Waals surface area contributed by atoms with Crippen molar-refractivity contribution in [3.05, 3.63) is 39.7 Å². The summed E-state index contributed by atoms with van der Waals surface area (Å²) < 4.78 is 39.4. The zero-order valence-electron chi connectivity index (χ0n) is 12.1. The molecule has 3 atom stereocenters. The van der Waals surface area contributed by atoms with Gasteiger partial charge in [0.1, 0.15) is 0 Å². The van der Waals surface area contributed by atoms with Crippen molar-refractivity contribution in [2.45, 2.75) is 36.5 Å². The van der Waals surface area contributed by atoms with Gasteiger partial charge in [-0.15, -0.1) is 0 Å². The van der Waals surface area contributed by atoms with E-state index in [1.165, 1.54) is 4.90 Å². The smallest absolute Gasteiger partial charge is 0.393 e. The van der Waals surface area contributed by atoms with Crippen molar-refractivity contribution < 1.29 is 13.2 Å². The van der Waals surface area contributed by atoms with Crippen molar-refractivity contribution in [2.75, 3.05) is 6.54 Å². The summed E-state index contributed by atoms with van der Waals surface area (Å²) in [6.45, 7) is -0.909. The van der Waals surface area contributed by atoms with Crippen LogP contribution in [0.2, 0.25) is 0 Å². The Hall–Kier alpha value is -0.740. The van der Waals surface area contributed by atoms with Gasteiger partial charge >= 0.3 is 6.18 Å². The second kappa shape index (κ2) is 5.96. The van der Waals surface area contributed by atoms with Crippen LogP contribution in [0, 0.1) is 3.57 Å². The maximum atomic E-state index is 12.8. The molecule has 1 fully saturated rings. The van der Waals surface area contributed by atoms with Crippen LogP contribution in [-0.4, -0.2) is 39.7 Å². The maximum absolute atomic E-state index is 12.8. The van der Waals surface area contributed by atoms with Gasteiger partial charge in [-0.05, 0) is 47.1 Å². The maximum Gasteiger partial charge on any atom is 0.401 e. The Morgan fingerprint density at radius 1 is 1.35 bits per heavy atom. The molecule has 1 saturated heterocycles. The third-order valence-electron chi connectivity index (χ3n) is 4.61. The molecule has 0 aliphatic carbocycles. The molecule has 8 heteroatoms. The minimum Gasteiger partial charge on any atom is -0.393 e. The molecule has 3 nitrogen and oxygen atoms in total. The Morgan fingerprint density at radius 2 is 1.96 bits per heavy atom. The van der Waals surface area contributed by atoms with E-state index in [0.717, 1.165) is 9.13 Å². The topological polar surface area (TPSA) is 42.1 Å². The van der Waals surface area contributed by atoms with E-state index in [-0.39, 0.29) is 12.1 Å². The highest BCUT2D eigenvalue weighted by Gasteiger charge is 2.51. The standard InChI is InChI=1S/C15H15F3IN3S/c16-15(17,18)8-22-11-1-2-12(22)5-14(4-11,13(20)23)9-3-10(19)7-21-6-9/h1-3,6-7,11-12H,4-5,8H2,(H2,20,23)/t11-,12?,14?/m1/s1. The number of nitrogens with zero attached hydrogens (tertiary/aromatic N) is 2. The first kappa shape index (κ1) is 17.1. The monoisotopic (exact) mass is 453 g/mol. The molecule has 124 valence electrons. The van der Waals surface area contributed by atoms with Crippen LogP contribution < -0.4 is 5.73 Å². The Balaban J connectivity index is 1.94. The molecule has 2 N–H and O–H groups in total. The van der Waals surface area contributed by atoms with Crippen LogP contribution in [0.3, 0.4) is 0 Å². The lowest BCUT2D eigenvalue weighted by molar-refractivity contribution is -0.154. The molecule has 2 unspecified atom stereocenters. The number of nitrogens with two attached hydrogens (primary N) is 1. The Kier molecular flexibility index (Phi) is 4.43. The van der Waals surface area contributed by atoms with Crippen LogP contribution >= 0.6 is 34.8 Å². The SMILES string of the molecule is NC(=S)C1(c2cncc(I)c2)CC2C=C[C@H](C1)N2CC(F)(F)F. The summed E-state index contributed by atoms with van der Waals surface area (Å²) in [7, 11) is 0. The molecule has 0 radical (unpaired) electrons. The van der Waals surface area contributed by atoms with E-state index < -0.39 is 18.1 Å². The highest BCUT2D eigenvalue weighted by molar-refractivity contribution is 14.1. The number of halogens is 4. The van der Waals surface area contributed by atoms with Crippen molar-refractivity contribution in [2.24, 2.45) is 5.73 Å². The fraction of sp³-hybridized carbons (Fsp3) is 0.467. The Bertz CT molecular complexity index is 646. The lowest BCUT2D eigenvalue weighted by Crippen LogP contribution is -2.56. The van der Waals surface area contributed by atoms with Crippen LogP contribution in [-0.2, 0) is 5.41 Å². The normalized spacial score (nSPS) is 30.6. The fourth-order valence-corrected chi connectivity index (χ4v) is 4.37. The largest absolute Gasteiger partial charge is 0.401 e. The zero-order valence-corrected chi connectivity index (χ0v) is 15.0. The summed E-state index contributed by atoms with van der Waals surface area (Å²) in [5.41, 5.74) is 6.33. The summed E-state index contributed by atoms with van der Waals surface area (Å²) in [4.78, 5) is 6.01. The lowest BCUT2D eigenvalue weighted by atomic mass is 9.70. The van der Waals surface area contributed by atoms with Crippen molar-refractivity contribution in [1.29, 1.82) is 0 Å². The average Bonchev–Trinajstić information content (AvgIpc) is 2.69. The third-order valence-corrected chi connectivity index (χ3v) is 5.59.